The van der Waals surface area contributed by atoms with E-state index in [4.69, 9.17) is 15.4 Å². The summed E-state index contributed by atoms with van der Waals surface area (Å²) in [6.45, 7) is 3.85. The Balaban J connectivity index is 2.42. The van der Waals surface area contributed by atoms with Gasteiger partial charge in [0, 0.05) is 34.2 Å². The number of ether oxygens (including phenoxy) is 1. The zero-order valence-corrected chi connectivity index (χ0v) is 11.5. The average Bonchev–Trinajstić information content (AvgIpc) is 2.72. The number of H-pyrrole nitrogens is 1. The van der Waals surface area contributed by atoms with Crippen LogP contribution < -0.4 is 4.74 Å². The van der Waals surface area contributed by atoms with E-state index in [1.165, 1.54) is 0 Å². The van der Waals surface area contributed by atoms with E-state index in [1.807, 2.05) is 26.0 Å². The van der Waals surface area contributed by atoms with Gasteiger partial charge in [0.2, 0.25) is 0 Å². The van der Waals surface area contributed by atoms with E-state index < -0.39 is 14.7 Å². The Labute approximate surface area is 109 Å². The van der Waals surface area contributed by atoms with E-state index >= 15 is 0 Å². The Morgan fingerprint density at radius 3 is 2.83 bits per heavy atom. The topological polar surface area (TPSA) is 59.2 Å². The van der Waals surface area contributed by atoms with Gasteiger partial charge in [-0.15, -0.1) is 0 Å². The fourth-order valence-corrected chi connectivity index (χ4v) is 3.71. The van der Waals surface area contributed by atoms with Crippen LogP contribution in [0.5, 0.6) is 5.75 Å². The van der Waals surface area contributed by atoms with Crippen molar-refractivity contribution in [3.8, 4) is 5.75 Å². The van der Waals surface area contributed by atoms with Crippen molar-refractivity contribution in [2.45, 2.75) is 30.8 Å². The van der Waals surface area contributed by atoms with Crippen molar-refractivity contribution >= 4 is 30.6 Å². The molecule has 0 bridgehead atoms. The first kappa shape index (κ1) is 11.9. The maximum atomic E-state index is 11.8. The van der Waals surface area contributed by atoms with Crippen LogP contribution in [0, 0.1) is 0 Å². The van der Waals surface area contributed by atoms with Gasteiger partial charge in [0.15, 0.2) is 0 Å². The standard InChI is InChI=1S/C12H12ClNO3S/c1-12(2)6-8-5-7-3-4-14-9(7)11(10(8)17-12)18(13,15)16/h3-5,14H,6H2,1-2H3. The van der Waals surface area contributed by atoms with Crippen molar-refractivity contribution < 1.29 is 13.2 Å². The highest BCUT2D eigenvalue weighted by molar-refractivity contribution is 8.14. The van der Waals surface area contributed by atoms with Gasteiger partial charge in [-0.05, 0) is 26.0 Å². The van der Waals surface area contributed by atoms with Gasteiger partial charge in [0.25, 0.3) is 9.05 Å². The smallest absolute Gasteiger partial charge is 0.267 e. The normalized spacial score (nSPS) is 17.7. The second-order valence-electron chi connectivity index (χ2n) is 5.11. The number of hydrogen-bond donors (Lipinski definition) is 1. The van der Waals surface area contributed by atoms with Crippen LogP contribution in [-0.2, 0) is 15.5 Å². The van der Waals surface area contributed by atoms with Crippen molar-refractivity contribution in [1.82, 2.24) is 4.98 Å². The van der Waals surface area contributed by atoms with Crippen LogP contribution in [0.25, 0.3) is 10.9 Å². The molecular formula is C12H12ClNO3S. The molecule has 1 aromatic heterocycles. The fraction of sp³-hybridized carbons (Fsp3) is 0.333. The molecule has 0 atom stereocenters. The van der Waals surface area contributed by atoms with Gasteiger partial charge in [-0.2, -0.15) is 0 Å². The van der Waals surface area contributed by atoms with Crippen LogP contribution in [-0.4, -0.2) is 19.0 Å². The number of hydrogen-bond acceptors (Lipinski definition) is 3. The number of benzene rings is 1. The summed E-state index contributed by atoms with van der Waals surface area (Å²) in [6, 6.07) is 3.77. The van der Waals surface area contributed by atoms with Crippen LogP contribution in [0.4, 0.5) is 0 Å². The van der Waals surface area contributed by atoms with Crippen LogP contribution in [0.3, 0.4) is 0 Å². The molecule has 0 saturated carbocycles. The second-order valence-corrected chi connectivity index (χ2v) is 7.61. The SMILES string of the molecule is CC1(C)Cc2cc3cc[nH]c3c(S(=O)(=O)Cl)c2O1. The Bertz CT molecular complexity index is 746. The third kappa shape index (κ3) is 1.69. The molecule has 0 spiro atoms. The van der Waals surface area contributed by atoms with Gasteiger partial charge in [-0.3, -0.25) is 0 Å². The van der Waals surface area contributed by atoms with Crippen LogP contribution >= 0.6 is 10.7 Å². The Kier molecular flexibility index (Phi) is 2.26. The highest BCUT2D eigenvalue weighted by Crippen LogP contribution is 2.44. The minimum atomic E-state index is -3.86. The number of rotatable bonds is 1. The summed E-state index contributed by atoms with van der Waals surface area (Å²) >= 11 is 0. The Hall–Kier alpha value is -1.20. The molecule has 0 aliphatic carbocycles. The van der Waals surface area contributed by atoms with Gasteiger partial charge in [-0.1, -0.05) is 0 Å². The number of aromatic amines is 1. The molecular weight excluding hydrogens is 274 g/mol. The van der Waals surface area contributed by atoms with Crippen LogP contribution in [0.1, 0.15) is 19.4 Å². The van der Waals surface area contributed by atoms with Crippen molar-refractivity contribution in [1.29, 1.82) is 0 Å². The van der Waals surface area contributed by atoms with E-state index in [1.54, 1.807) is 6.20 Å². The fourth-order valence-electron chi connectivity index (χ4n) is 2.46. The van der Waals surface area contributed by atoms with E-state index in [0.717, 1.165) is 10.9 Å². The molecule has 1 aromatic carbocycles. The van der Waals surface area contributed by atoms with E-state index in [-0.39, 0.29) is 4.90 Å². The van der Waals surface area contributed by atoms with Crippen molar-refractivity contribution in [2.75, 3.05) is 0 Å². The quantitative estimate of drug-likeness (QED) is 0.820. The first-order valence-corrected chi connectivity index (χ1v) is 7.85. The molecule has 1 N–H and O–H groups in total. The maximum absolute atomic E-state index is 11.8. The van der Waals surface area contributed by atoms with E-state index in [2.05, 4.69) is 4.98 Å². The molecule has 2 heterocycles. The maximum Gasteiger partial charge on any atom is 0.267 e. The zero-order chi connectivity index (χ0) is 13.1. The number of aromatic nitrogens is 1. The number of fused-ring (bicyclic) bond motifs is 2. The molecule has 3 rings (SSSR count). The van der Waals surface area contributed by atoms with Crippen molar-refractivity contribution in [2.24, 2.45) is 0 Å². The summed E-state index contributed by atoms with van der Waals surface area (Å²) in [5.41, 5.74) is 0.977. The summed E-state index contributed by atoms with van der Waals surface area (Å²) in [6.07, 6.45) is 2.36. The molecule has 0 fully saturated rings. The summed E-state index contributed by atoms with van der Waals surface area (Å²) in [4.78, 5) is 2.96. The average molecular weight is 286 g/mol. The Morgan fingerprint density at radius 1 is 1.44 bits per heavy atom. The van der Waals surface area contributed by atoms with Crippen LogP contribution in [0.15, 0.2) is 23.2 Å². The molecule has 1 aliphatic rings. The molecule has 0 amide bonds. The lowest BCUT2D eigenvalue weighted by atomic mass is 10.0. The number of halogens is 1. The molecule has 96 valence electrons. The molecule has 1 aliphatic heterocycles. The predicted molar refractivity (Wildman–Crippen MR) is 69.7 cm³/mol. The van der Waals surface area contributed by atoms with Gasteiger partial charge in [0.1, 0.15) is 16.2 Å². The third-order valence-corrected chi connectivity index (χ3v) is 4.41. The molecule has 4 nitrogen and oxygen atoms in total. The lowest BCUT2D eigenvalue weighted by Crippen LogP contribution is -2.25. The van der Waals surface area contributed by atoms with Crippen molar-refractivity contribution in [3.05, 3.63) is 23.9 Å². The lowest BCUT2D eigenvalue weighted by molar-refractivity contribution is 0.135. The molecule has 0 radical (unpaired) electrons. The largest absolute Gasteiger partial charge is 0.486 e. The lowest BCUT2D eigenvalue weighted by Gasteiger charge is -2.17. The second kappa shape index (κ2) is 3.42. The predicted octanol–water partition coefficient (Wildman–Crippen LogP) is 2.81. The van der Waals surface area contributed by atoms with Crippen molar-refractivity contribution in [3.63, 3.8) is 0 Å². The first-order chi connectivity index (χ1) is 8.28. The minimum absolute atomic E-state index is 0.0484. The summed E-state index contributed by atoms with van der Waals surface area (Å²) in [7, 11) is 1.68. The van der Waals surface area contributed by atoms with Crippen LogP contribution in [0.2, 0.25) is 0 Å². The van der Waals surface area contributed by atoms with Gasteiger partial charge < -0.3 is 9.72 Å². The van der Waals surface area contributed by atoms with Gasteiger partial charge >= 0.3 is 0 Å². The van der Waals surface area contributed by atoms with Gasteiger partial charge in [0.05, 0.1) is 5.52 Å². The Morgan fingerprint density at radius 2 is 2.17 bits per heavy atom. The third-order valence-electron chi connectivity index (χ3n) is 3.07. The highest BCUT2D eigenvalue weighted by atomic mass is 35.7. The summed E-state index contributed by atoms with van der Waals surface area (Å²) in [5.74, 6) is 0.380. The highest BCUT2D eigenvalue weighted by Gasteiger charge is 2.36. The molecule has 2 aromatic rings. The van der Waals surface area contributed by atoms with Gasteiger partial charge in [-0.25, -0.2) is 8.42 Å². The minimum Gasteiger partial charge on any atom is -0.486 e. The molecule has 0 saturated heterocycles. The molecule has 0 unspecified atom stereocenters. The molecule has 18 heavy (non-hydrogen) atoms. The summed E-state index contributed by atoms with van der Waals surface area (Å²) < 4.78 is 29.3. The monoisotopic (exact) mass is 285 g/mol. The molecule has 6 heteroatoms. The first-order valence-electron chi connectivity index (χ1n) is 5.55. The van der Waals surface area contributed by atoms with E-state index in [0.29, 0.717) is 17.7 Å². The summed E-state index contributed by atoms with van der Waals surface area (Å²) in [5, 5.41) is 0.828. The number of nitrogens with one attached hydrogen (secondary N) is 1. The zero-order valence-electron chi connectivity index (χ0n) is 9.95. The van der Waals surface area contributed by atoms with E-state index in [9.17, 15) is 8.42 Å².